The average Bonchev–Trinajstić information content (AvgIpc) is 3.31. The van der Waals surface area contributed by atoms with E-state index in [1.54, 1.807) is 17.0 Å². The smallest absolute Gasteiger partial charge is 0.290 e. The fourth-order valence-electron chi connectivity index (χ4n) is 3.30. The molecule has 1 aliphatic rings. The lowest BCUT2D eigenvalue weighted by Gasteiger charge is -2.34. The van der Waals surface area contributed by atoms with Crippen LogP contribution in [0.25, 0.3) is 11.4 Å². The molecule has 3 heterocycles. The van der Waals surface area contributed by atoms with Crippen molar-refractivity contribution < 1.29 is 4.79 Å². The second kappa shape index (κ2) is 6.51. The van der Waals surface area contributed by atoms with Crippen LogP contribution in [0.2, 0.25) is 0 Å². The molecule has 7 heteroatoms. The molecule has 1 fully saturated rings. The van der Waals surface area contributed by atoms with Crippen molar-refractivity contribution in [2.45, 2.75) is 25.3 Å². The number of aryl methyl sites for hydroxylation is 1. The van der Waals surface area contributed by atoms with Crippen molar-refractivity contribution in [3.05, 3.63) is 54.4 Å². The summed E-state index contributed by atoms with van der Waals surface area (Å²) in [6, 6.07) is 9.75. The molecule has 2 aromatic heterocycles. The van der Waals surface area contributed by atoms with Gasteiger partial charge in [0.2, 0.25) is 0 Å². The summed E-state index contributed by atoms with van der Waals surface area (Å²) in [5.74, 6) is 1.79. The first-order chi connectivity index (χ1) is 12.2. The monoisotopic (exact) mass is 336 g/mol. The molecule has 1 aromatic carbocycles. The number of carbonyl (C=O) groups is 1. The molecule has 1 N–H and O–H groups in total. The predicted molar refractivity (Wildman–Crippen MR) is 92.7 cm³/mol. The number of imidazole rings is 1. The molecular weight excluding hydrogens is 316 g/mol. The molecule has 1 unspecified atom stereocenters. The average molecular weight is 336 g/mol. The van der Waals surface area contributed by atoms with Crippen molar-refractivity contribution in [3.63, 3.8) is 0 Å². The van der Waals surface area contributed by atoms with Gasteiger partial charge in [-0.3, -0.25) is 9.89 Å². The largest absolute Gasteiger partial charge is 0.330 e. The van der Waals surface area contributed by atoms with Crippen molar-refractivity contribution >= 4 is 5.91 Å². The van der Waals surface area contributed by atoms with Crippen LogP contribution in [0.3, 0.4) is 0 Å². The molecule has 1 amide bonds. The zero-order valence-electron chi connectivity index (χ0n) is 14.1. The Bertz CT molecular complexity index is 869. The highest BCUT2D eigenvalue weighted by Crippen LogP contribution is 2.30. The lowest BCUT2D eigenvalue weighted by molar-refractivity contribution is 0.0584. The van der Waals surface area contributed by atoms with Gasteiger partial charge in [0.25, 0.3) is 5.91 Å². The maximum Gasteiger partial charge on any atom is 0.290 e. The Morgan fingerprint density at radius 2 is 2.08 bits per heavy atom. The first-order valence-corrected chi connectivity index (χ1v) is 8.50. The summed E-state index contributed by atoms with van der Waals surface area (Å²) in [5, 5.41) is 7.38. The van der Waals surface area contributed by atoms with Gasteiger partial charge in [-0.25, -0.2) is 9.97 Å². The fraction of sp³-hybridized carbons (Fsp3) is 0.333. The Labute approximate surface area is 145 Å². The number of hydrogen-bond donors (Lipinski definition) is 1. The van der Waals surface area contributed by atoms with E-state index in [9.17, 15) is 4.79 Å². The van der Waals surface area contributed by atoms with Gasteiger partial charge in [0.05, 0.1) is 6.04 Å². The molecule has 3 aromatic rings. The summed E-state index contributed by atoms with van der Waals surface area (Å²) in [6.07, 6.45) is 6.37. The van der Waals surface area contributed by atoms with Crippen LogP contribution >= 0.6 is 0 Å². The van der Waals surface area contributed by atoms with Crippen LogP contribution in [0.5, 0.6) is 0 Å². The molecule has 4 rings (SSSR count). The van der Waals surface area contributed by atoms with E-state index in [4.69, 9.17) is 0 Å². The van der Waals surface area contributed by atoms with Crippen LogP contribution in [0.1, 0.15) is 41.7 Å². The molecule has 0 saturated carbocycles. The summed E-state index contributed by atoms with van der Waals surface area (Å²) in [6.45, 7) is 0.706. The standard InChI is InChI=1S/C18H20N6O/c1-23-12-10-19-17(23)18(25)24-11-6-5-9-14(24)16-20-15(21-22-16)13-7-3-2-4-8-13/h2-4,7-8,10,12,14H,5-6,9,11H2,1H3,(H,20,21,22). The molecule has 0 radical (unpaired) electrons. The molecule has 25 heavy (non-hydrogen) atoms. The zero-order valence-corrected chi connectivity index (χ0v) is 14.1. The van der Waals surface area contributed by atoms with Gasteiger partial charge < -0.3 is 9.47 Å². The van der Waals surface area contributed by atoms with Crippen LogP contribution < -0.4 is 0 Å². The zero-order chi connectivity index (χ0) is 17.2. The number of rotatable bonds is 3. The highest BCUT2D eigenvalue weighted by atomic mass is 16.2. The van der Waals surface area contributed by atoms with E-state index in [0.29, 0.717) is 18.2 Å². The van der Waals surface area contributed by atoms with Gasteiger partial charge in [0.15, 0.2) is 11.6 Å². The number of amides is 1. The number of nitrogens with zero attached hydrogens (tertiary/aromatic N) is 5. The number of H-pyrrole nitrogens is 1. The van der Waals surface area contributed by atoms with Gasteiger partial charge in [-0.05, 0) is 19.3 Å². The Kier molecular flexibility index (Phi) is 4.05. The van der Waals surface area contributed by atoms with E-state index >= 15 is 0 Å². The number of carbonyl (C=O) groups excluding carboxylic acids is 1. The molecule has 7 nitrogen and oxygen atoms in total. The van der Waals surface area contributed by atoms with Gasteiger partial charge in [-0.1, -0.05) is 30.3 Å². The number of benzene rings is 1. The van der Waals surface area contributed by atoms with Crippen LogP contribution in [-0.2, 0) is 7.05 Å². The second-order valence-corrected chi connectivity index (χ2v) is 6.28. The number of hydrogen-bond acceptors (Lipinski definition) is 4. The molecule has 0 aliphatic carbocycles. The van der Waals surface area contributed by atoms with E-state index in [2.05, 4.69) is 20.2 Å². The van der Waals surface area contributed by atoms with Gasteiger partial charge in [-0.15, -0.1) is 0 Å². The van der Waals surface area contributed by atoms with Crippen LogP contribution in [0, 0.1) is 0 Å². The second-order valence-electron chi connectivity index (χ2n) is 6.28. The van der Waals surface area contributed by atoms with Gasteiger partial charge >= 0.3 is 0 Å². The molecule has 0 bridgehead atoms. The Balaban J connectivity index is 1.63. The molecule has 0 spiro atoms. The topological polar surface area (TPSA) is 79.7 Å². The van der Waals surface area contributed by atoms with Crippen molar-refractivity contribution in [3.8, 4) is 11.4 Å². The van der Waals surface area contributed by atoms with Crippen molar-refractivity contribution in [2.24, 2.45) is 7.05 Å². The third kappa shape index (κ3) is 2.93. The molecule has 128 valence electrons. The third-order valence-electron chi connectivity index (χ3n) is 4.63. The molecule has 1 saturated heterocycles. The molecule has 1 atom stereocenters. The first-order valence-electron chi connectivity index (χ1n) is 8.50. The van der Waals surface area contributed by atoms with Gasteiger partial charge in [0.1, 0.15) is 5.82 Å². The third-order valence-corrected chi connectivity index (χ3v) is 4.63. The maximum absolute atomic E-state index is 12.9. The minimum absolute atomic E-state index is 0.0603. The quantitative estimate of drug-likeness (QED) is 0.797. The number of aromatic amines is 1. The number of piperidine rings is 1. The number of likely N-dealkylation sites (tertiary alicyclic amines) is 1. The van der Waals surface area contributed by atoms with Gasteiger partial charge in [0, 0.05) is 31.5 Å². The lowest BCUT2D eigenvalue weighted by atomic mass is 10.0. The summed E-state index contributed by atoms with van der Waals surface area (Å²) in [5.41, 5.74) is 0.961. The predicted octanol–water partition coefficient (Wildman–Crippen LogP) is 2.57. The summed E-state index contributed by atoms with van der Waals surface area (Å²) in [7, 11) is 1.83. The first kappa shape index (κ1) is 15.6. The minimum Gasteiger partial charge on any atom is -0.330 e. The van der Waals surface area contributed by atoms with Crippen molar-refractivity contribution in [1.82, 2.24) is 29.6 Å². The van der Waals surface area contributed by atoms with Crippen LogP contribution in [-0.4, -0.2) is 42.1 Å². The number of aromatic nitrogens is 5. The summed E-state index contributed by atoms with van der Waals surface area (Å²) >= 11 is 0. The molecular formula is C18H20N6O. The molecule has 1 aliphatic heterocycles. The highest BCUT2D eigenvalue weighted by Gasteiger charge is 2.32. The van der Waals surface area contributed by atoms with Crippen LogP contribution in [0.4, 0.5) is 0 Å². The van der Waals surface area contributed by atoms with E-state index < -0.39 is 0 Å². The van der Waals surface area contributed by atoms with E-state index in [1.807, 2.05) is 42.3 Å². The maximum atomic E-state index is 12.9. The van der Waals surface area contributed by atoms with Crippen molar-refractivity contribution in [2.75, 3.05) is 6.54 Å². The van der Waals surface area contributed by atoms with E-state index in [0.717, 1.165) is 30.7 Å². The number of nitrogens with one attached hydrogen (secondary N) is 1. The van der Waals surface area contributed by atoms with Gasteiger partial charge in [-0.2, -0.15) is 5.10 Å². The van der Waals surface area contributed by atoms with Crippen LogP contribution in [0.15, 0.2) is 42.7 Å². The Morgan fingerprint density at radius 3 is 2.84 bits per heavy atom. The lowest BCUT2D eigenvalue weighted by Crippen LogP contribution is -2.40. The fourth-order valence-corrected chi connectivity index (χ4v) is 3.30. The normalized spacial score (nSPS) is 17.6. The van der Waals surface area contributed by atoms with E-state index in [1.165, 1.54) is 0 Å². The summed E-state index contributed by atoms with van der Waals surface area (Å²) in [4.78, 5) is 23.6. The SMILES string of the molecule is Cn1ccnc1C(=O)N1CCCCC1c1nc(-c2ccccc2)n[nH]1. The minimum atomic E-state index is -0.0945. The van der Waals surface area contributed by atoms with Crippen molar-refractivity contribution in [1.29, 1.82) is 0 Å². The Hall–Kier alpha value is -2.96. The Morgan fingerprint density at radius 1 is 1.24 bits per heavy atom. The van der Waals surface area contributed by atoms with E-state index in [-0.39, 0.29) is 11.9 Å². The summed E-state index contributed by atoms with van der Waals surface area (Å²) < 4.78 is 1.75. The highest BCUT2D eigenvalue weighted by molar-refractivity contribution is 5.91.